The SMILES string of the molecule is Cl.O=C(NC(c1cccc(F)c1)c1cccc(Br)c1)C1CNCCO1. The fourth-order valence-electron chi connectivity index (χ4n) is 2.70. The van der Waals surface area contributed by atoms with Crippen LogP contribution in [0.2, 0.25) is 0 Å². The molecule has 0 aromatic heterocycles. The molecule has 1 aliphatic heterocycles. The molecule has 0 bridgehead atoms. The van der Waals surface area contributed by atoms with Gasteiger partial charge in [-0.1, -0.05) is 40.2 Å². The predicted molar refractivity (Wildman–Crippen MR) is 100 cm³/mol. The predicted octanol–water partition coefficient (Wildman–Crippen LogP) is 3.20. The van der Waals surface area contributed by atoms with Gasteiger partial charge in [-0.3, -0.25) is 4.79 Å². The Morgan fingerprint density at radius 1 is 1.24 bits per heavy atom. The van der Waals surface area contributed by atoms with Crippen LogP contribution in [0.25, 0.3) is 0 Å². The Bertz CT molecular complexity index is 680. The third-order valence-corrected chi connectivity index (χ3v) is 4.36. The molecule has 1 amide bonds. The highest BCUT2D eigenvalue weighted by atomic mass is 79.9. The smallest absolute Gasteiger partial charge is 0.251 e. The molecule has 1 fully saturated rings. The van der Waals surface area contributed by atoms with Gasteiger partial charge in [0.15, 0.2) is 0 Å². The molecule has 7 heteroatoms. The molecule has 2 aromatic carbocycles. The topological polar surface area (TPSA) is 50.4 Å². The Morgan fingerprint density at radius 2 is 1.96 bits per heavy atom. The minimum atomic E-state index is -0.540. The van der Waals surface area contributed by atoms with Gasteiger partial charge < -0.3 is 15.4 Å². The molecule has 25 heavy (non-hydrogen) atoms. The molecule has 2 N–H and O–H groups in total. The van der Waals surface area contributed by atoms with Crippen molar-refractivity contribution in [1.29, 1.82) is 0 Å². The van der Waals surface area contributed by atoms with Crippen LogP contribution in [-0.2, 0) is 9.53 Å². The van der Waals surface area contributed by atoms with Gasteiger partial charge >= 0.3 is 0 Å². The third kappa shape index (κ3) is 5.25. The van der Waals surface area contributed by atoms with E-state index in [-0.39, 0.29) is 24.1 Å². The monoisotopic (exact) mass is 428 g/mol. The van der Waals surface area contributed by atoms with Gasteiger partial charge in [0.05, 0.1) is 12.6 Å². The van der Waals surface area contributed by atoms with Crippen molar-refractivity contribution in [2.24, 2.45) is 0 Å². The summed E-state index contributed by atoms with van der Waals surface area (Å²) < 4.78 is 20.1. The highest BCUT2D eigenvalue weighted by molar-refractivity contribution is 9.10. The lowest BCUT2D eigenvalue weighted by molar-refractivity contribution is -0.134. The second-order valence-electron chi connectivity index (χ2n) is 5.62. The van der Waals surface area contributed by atoms with Gasteiger partial charge in [-0.25, -0.2) is 4.39 Å². The van der Waals surface area contributed by atoms with Crippen LogP contribution in [0.1, 0.15) is 17.2 Å². The summed E-state index contributed by atoms with van der Waals surface area (Å²) in [4.78, 5) is 12.5. The van der Waals surface area contributed by atoms with Crippen molar-refractivity contribution in [3.8, 4) is 0 Å². The number of halogens is 3. The first-order valence-electron chi connectivity index (χ1n) is 7.77. The fraction of sp³-hybridized carbons (Fsp3) is 0.278. The Hall–Kier alpha value is -1.47. The Balaban J connectivity index is 0.00000225. The number of hydrogen-bond donors (Lipinski definition) is 2. The van der Waals surface area contributed by atoms with Crippen molar-refractivity contribution in [2.45, 2.75) is 12.1 Å². The second kappa shape index (κ2) is 9.29. The van der Waals surface area contributed by atoms with Crippen molar-refractivity contribution in [3.63, 3.8) is 0 Å². The van der Waals surface area contributed by atoms with Gasteiger partial charge in [0.2, 0.25) is 0 Å². The third-order valence-electron chi connectivity index (χ3n) is 3.87. The maximum Gasteiger partial charge on any atom is 0.251 e. The zero-order valence-electron chi connectivity index (χ0n) is 13.4. The van der Waals surface area contributed by atoms with E-state index >= 15 is 0 Å². The summed E-state index contributed by atoms with van der Waals surface area (Å²) in [6.45, 7) is 1.71. The lowest BCUT2D eigenvalue weighted by Crippen LogP contribution is -2.48. The minimum Gasteiger partial charge on any atom is -0.366 e. The maximum atomic E-state index is 13.7. The summed E-state index contributed by atoms with van der Waals surface area (Å²) >= 11 is 3.44. The lowest BCUT2D eigenvalue weighted by Gasteiger charge is -2.26. The summed E-state index contributed by atoms with van der Waals surface area (Å²) in [5, 5.41) is 6.12. The average molecular weight is 430 g/mol. The lowest BCUT2D eigenvalue weighted by atomic mass is 9.98. The Labute approximate surface area is 160 Å². The summed E-state index contributed by atoms with van der Waals surface area (Å²) in [5.74, 6) is -0.547. The van der Waals surface area contributed by atoms with Crippen molar-refractivity contribution in [1.82, 2.24) is 10.6 Å². The van der Waals surface area contributed by atoms with Crippen molar-refractivity contribution >= 4 is 34.2 Å². The first-order chi connectivity index (χ1) is 11.6. The van der Waals surface area contributed by atoms with Gasteiger partial charge in [-0.2, -0.15) is 0 Å². The van der Waals surface area contributed by atoms with Crippen LogP contribution in [0, 0.1) is 5.82 Å². The molecule has 4 nitrogen and oxygen atoms in total. The van der Waals surface area contributed by atoms with Crippen molar-refractivity contribution < 1.29 is 13.9 Å². The quantitative estimate of drug-likeness (QED) is 0.785. The number of hydrogen-bond acceptors (Lipinski definition) is 3. The molecule has 1 heterocycles. The number of carbonyl (C=O) groups excluding carboxylic acids is 1. The minimum absolute atomic E-state index is 0. The van der Waals surface area contributed by atoms with E-state index in [9.17, 15) is 9.18 Å². The molecular weight excluding hydrogens is 411 g/mol. The molecule has 134 valence electrons. The molecule has 0 aliphatic carbocycles. The molecule has 0 saturated carbocycles. The number of ether oxygens (including phenoxy) is 1. The normalized spacial score (nSPS) is 18.1. The van der Waals surface area contributed by atoms with E-state index in [2.05, 4.69) is 26.6 Å². The van der Waals surface area contributed by atoms with Crippen LogP contribution >= 0.6 is 28.3 Å². The van der Waals surface area contributed by atoms with E-state index in [4.69, 9.17) is 4.74 Å². The number of amides is 1. The highest BCUT2D eigenvalue weighted by Gasteiger charge is 2.25. The van der Waals surface area contributed by atoms with Crippen molar-refractivity contribution in [3.05, 3.63) is 69.9 Å². The number of rotatable bonds is 4. The molecule has 1 saturated heterocycles. The standard InChI is InChI=1S/C18H18BrFN2O2.ClH/c19-14-5-1-3-12(9-14)17(13-4-2-6-15(20)10-13)22-18(23)16-11-21-7-8-24-16;/h1-6,9-10,16-17,21H,7-8,11H2,(H,22,23);1H. The molecular formula is C18H19BrClFN2O2. The number of carbonyl (C=O) groups is 1. The van der Waals surface area contributed by atoms with Crippen LogP contribution in [0.3, 0.4) is 0 Å². The number of benzene rings is 2. The first kappa shape index (κ1) is 19.8. The molecule has 1 aliphatic rings. The van der Waals surface area contributed by atoms with Crippen LogP contribution in [0.4, 0.5) is 4.39 Å². The molecule has 2 aromatic rings. The summed E-state index contributed by atoms with van der Waals surface area (Å²) in [7, 11) is 0. The zero-order chi connectivity index (χ0) is 16.9. The first-order valence-corrected chi connectivity index (χ1v) is 8.56. The number of nitrogens with one attached hydrogen (secondary N) is 2. The van der Waals surface area contributed by atoms with Gasteiger partial charge in [-0.05, 0) is 35.4 Å². The van der Waals surface area contributed by atoms with E-state index in [0.29, 0.717) is 18.7 Å². The van der Waals surface area contributed by atoms with E-state index in [1.165, 1.54) is 12.1 Å². The number of morpholine rings is 1. The van der Waals surface area contributed by atoms with Gasteiger partial charge in [-0.15, -0.1) is 12.4 Å². The van der Waals surface area contributed by atoms with E-state index < -0.39 is 12.1 Å². The second-order valence-corrected chi connectivity index (χ2v) is 6.53. The van der Waals surface area contributed by atoms with Gasteiger partial charge in [0.1, 0.15) is 11.9 Å². The summed E-state index contributed by atoms with van der Waals surface area (Å²) in [5.41, 5.74) is 1.55. The highest BCUT2D eigenvalue weighted by Crippen LogP contribution is 2.25. The molecule has 2 unspecified atom stereocenters. The van der Waals surface area contributed by atoms with Crippen LogP contribution in [0.5, 0.6) is 0 Å². The molecule has 2 atom stereocenters. The van der Waals surface area contributed by atoms with E-state index in [1.54, 1.807) is 12.1 Å². The summed E-state index contributed by atoms with van der Waals surface area (Å²) in [6, 6.07) is 13.4. The molecule has 3 rings (SSSR count). The van der Waals surface area contributed by atoms with Crippen LogP contribution in [0.15, 0.2) is 53.0 Å². The average Bonchev–Trinajstić information content (AvgIpc) is 2.60. The van der Waals surface area contributed by atoms with E-state index in [0.717, 1.165) is 16.6 Å². The zero-order valence-corrected chi connectivity index (χ0v) is 15.8. The van der Waals surface area contributed by atoms with Crippen LogP contribution in [-0.4, -0.2) is 31.7 Å². The van der Waals surface area contributed by atoms with Gasteiger partial charge in [0, 0.05) is 17.6 Å². The maximum absolute atomic E-state index is 13.7. The Morgan fingerprint density at radius 3 is 2.60 bits per heavy atom. The van der Waals surface area contributed by atoms with Gasteiger partial charge in [0.25, 0.3) is 5.91 Å². The molecule has 0 spiro atoms. The Kier molecular flexibility index (Phi) is 7.38. The van der Waals surface area contributed by atoms with Crippen LogP contribution < -0.4 is 10.6 Å². The van der Waals surface area contributed by atoms with E-state index in [1.807, 2.05) is 24.3 Å². The largest absolute Gasteiger partial charge is 0.366 e. The summed E-state index contributed by atoms with van der Waals surface area (Å²) in [6.07, 6.45) is -0.540. The molecule has 0 radical (unpaired) electrons. The van der Waals surface area contributed by atoms with Crippen molar-refractivity contribution in [2.75, 3.05) is 19.7 Å². The fourth-order valence-corrected chi connectivity index (χ4v) is 3.12.